The van der Waals surface area contributed by atoms with Gasteiger partial charge in [-0.05, 0) is 57.8 Å². The Labute approximate surface area is 103 Å². The summed E-state index contributed by atoms with van der Waals surface area (Å²) in [4.78, 5) is 3.90. The molecule has 2 atom stereocenters. The predicted molar refractivity (Wildman–Crippen MR) is 71.0 cm³/mol. The Balaban J connectivity index is 1.84. The van der Waals surface area contributed by atoms with Crippen molar-refractivity contribution in [3.63, 3.8) is 0 Å². The molecule has 3 heteroatoms. The number of rotatable bonds is 3. The third-order valence-corrected chi connectivity index (χ3v) is 4.46. The molecule has 1 aliphatic heterocycles. The first-order chi connectivity index (χ1) is 7.75. The smallest absolute Gasteiger partial charge is 0.0388 e. The lowest BCUT2D eigenvalue weighted by atomic mass is 10.1. The number of hydrogen-bond donors (Lipinski definition) is 1. The maximum Gasteiger partial charge on any atom is 0.0388 e. The van der Waals surface area contributed by atoms with Crippen molar-refractivity contribution in [3.8, 4) is 0 Å². The molecule has 2 heterocycles. The average Bonchev–Trinajstić information content (AvgIpc) is 2.72. The fourth-order valence-corrected chi connectivity index (χ4v) is 3.12. The summed E-state index contributed by atoms with van der Waals surface area (Å²) in [7, 11) is 2.23. The zero-order valence-electron chi connectivity index (χ0n) is 10.3. The Bertz CT molecular complexity index is 297. The molecule has 0 aromatic carbocycles. The zero-order valence-corrected chi connectivity index (χ0v) is 11.1. The Morgan fingerprint density at radius 3 is 3.06 bits per heavy atom. The Morgan fingerprint density at radius 2 is 2.31 bits per heavy atom. The molecule has 1 fully saturated rings. The van der Waals surface area contributed by atoms with Gasteiger partial charge < -0.3 is 10.2 Å². The van der Waals surface area contributed by atoms with Crippen LogP contribution in [0.4, 0.5) is 0 Å². The molecule has 0 radical (unpaired) electrons. The van der Waals surface area contributed by atoms with Crippen LogP contribution in [0.15, 0.2) is 17.5 Å². The standard InChI is InChI=1S/C13H22N2S/c1-11(13-6-4-10-16-13)14-12-5-3-8-15(2)9-7-12/h4,6,10-12,14H,3,5,7-9H2,1-2H3. The minimum absolute atomic E-state index is 0.508. The van der Waals surface area contributed by atoms with Gasteiger partial charge in [-0.25, -0.2) is 0 Å². The molecule has 0 bridgehead atoms. The van der Waals surface area contributed by atoms with Crippen molar-refractivity contribution in [2.24, 2.45) is 0 Å². The molecule has 1 saturated heterocycles. The van der Waals surface area contributed by atoms with Gasteiger partial charge in [0, 0.05) is 17.0 Å². The van der Waals surface area contributed by atoms with Crippen LogP contribution in [-0.2, 0) is 0 Å². The molecular weight excluding hydrogens is 216 g/mol. The molecule has 0 aliphatic carbocycles. The van der Waals surface area contributed by atoms with Crippen molar-refractivity contribution in [2.45, 2.75) is 38.3 Å². The molecule has 1 aromatic rings. The lowest BCUT2D eigenvalue weighted by molar-refractivity contribution is 0.340. The van der Waals surface area contributed by atoms with Crippen molar-refractivity contribution in [3.05, 3.63) is 22.4 Å². The van der Waals surface area contributed by atoms with Crippen molar-refractivity contribution in [2.75, 3.05) is 20.1 Å². The zero-order chi connectivity index (χ0) is 11.4. The molecular formula is C13H22N2S. The molecule has 2 unspecified atom stereocenters. The van der Waals surface area contributed by atoms with Gasteiger partial charge in [0.15, 0.2) is 0 Å². The van der Waals surface area contributed by atoms with Gasteiger partial charge in [-0.2, -0.15) is 0 Å². The van der Waals surface area contributed by atoms with Crippen molar-refractivity contribution in [1.82, 2.24) is 10.2 Å². The number of nitrogens with one attached hydrogen (secondary N) is 1. The normalized spacial score (nSPS) is 25.2. The molecule has 90 valence electrons. The largest absolute Gasteiger partial charge is 0.307 e. The van der Waals surface area contributed by atoms with Crippen LogP contribution in [0.5, 0.6) is 0 Å². The van der Waals surface area contributed by atoms with Gasteiger partial charge in [-0.3, -0.25) is 0 Å². The second-order valence-electron chi connectivity index (χ2n) is 4.83. The van der Waals surface area contributed by atoms with Crippen LogP contribution in [0.25, 0.3) is 0 Å². The average molecular weight is 238 g/mol. The Hall–Kier alpha value is -0.380. The first-order valence-electron chi connectivity index (χ1n) is 6.23. The number of thiophene rings is 1. The topological polar surface area (TPSA) is 15.3 Å². The molecule has 0 saturated carbocycles. The molecule has 1 aromatic heterocycles. The molecule has 2 nitrogen and oxygen atoms in total. The second kappa shape index (κ2) is 5.80. The third kappa shape index (κ3) is 3.30. The second-order valence-corrected chi connectivity index (χ2v) is 5.81. The monoisotopic (exact) mass is 238 g/mol. The molecule has 0 amide bonds. The highest BCUT2D eigenvalue weighted by atomic mass is 32.1. The molecule has 2 rings (SSSR count). The fraction of sp³-hybridized carbons (Fsp3) is 0.692. The summed E-state index contributed by atoms with van der Waals surface area (Å²) >= 11 is 1.85. The van der Waals surface area contributed by atoms with Gasteiger partial charge in [-0.15, -0.1) is 11.3 Å². The van der Waals surface area contributed by atoms with Crippen molar-refractivity contribution in [1.29, 1.82) is 0 Å². The molecule has 16 heavy (non-hydrogen) atoms. The van der Waals surface area contributed by atoms with Crippen LogP contribution in [-0.4, -0.2) is 31.1 Å². The lowest BCUT2D eigenvalue weighted by Crippen LogP contribution is -2.32. The van der Waals surface area contributed by atoms with Gasteiger partial charge in [-0.1, -0.05) is 6.07 Å². The van der Waals surface area contributed by atoms with Gasteiger partial charge in [0.25, 0.3) is 0 Å². The van der Waals surface area contributed by atoms with Crippen LogP contribution >= 0.6 is 11.3 Å². The highest BCUT2D eigenvalue weighted by molar-refractivity contribution is 7.10. The minimum atomic E-state index is 0.508. The van der Waals surface area contributed by atoms with E-state index in [1.54, 1.807) is 0 Å². The van der Waals surface area contributed by atoms with Crippen LogP contribution in [0.2, 0.25) is 0 Å². The summed E-state index contributed by atoms with van der Waals surface area (Å²) in [5, 5.41) is 5.93. The molecule has 1 N–H and O–H groups in total. The maximum absolute atomic E-state index is 3.77. The SMILES string of the molecule is CC(NC1CCCN(C)CC1)c1cccs1. The van der Waals surface area contributed by atoms with E-state index in [1.807, 2.05) is 11.3 Å². The third-order valence-electron chi connectivity index (χ3n) is 3.41. The van der Waals surface area contributed by atoms with Gasteiger partial charge in [0.2, 0.25) is 0 Å². The van der Waals surface area contributed by atoms with E-state index in [0.29, 0.717) is 12.1 Å². The highest BCUT2D eigenvalue weighted by Crippen LogP contribution is 2.20. The maximum atomic E-state index is 3.77. The first kappa shape index (κ1) is 12.1. The van der Waals surface area contributed by atoms with E-state index < -0.39 is 0 Å². The number of likely N-dealkylation sites (tertiary alicyclic amines) is 1. The fourth-order valence-electron chi connectivity index (χ4n) is 2.38. The number of hydrogen-bond acceptors (Lipinski definition) is 3. The predicted octanol–water partition coefficient (Wildman–Crippen LogP) is 2.88. The summed E-state index contributed by atoms with van der Waals surface area (Å²) in [5.74, 6) is 0. The van der Waals surface area contributed by atoms with Crippen LogP contribution in [0.1, 0.15) is 37.1 Å². The lowest BCUT2D eigenvalue weighted by Gasteiger charge is -2.21. The van der Waals surface area contributed by atoms with Gasteiger partial charge in [0.1, 0.15) is 0 Å². The van der Waals surface area contributed by atoms with E-state index >= 15 is 0 Å². The summed E-state index contributed by atoms with van der Waals surface area (Å²) < 4.78 is 0. The van der Waals surface area contributed by atoms with Crippen molar-refractivity contribution < 1.29 is 0 Å². The molecule has 1 aliphatic rings. The summed E-state index contributed by atoms with van der Waals surface area (Å²) in [6, 6.07) is 5.57. The summed E-state index contributed by atoms with van der Waals surface area (Å²) in [5.41, 5.74) is 0. The van der Waals surface area contributed by atoms with E-state index in [2.05, 4.69) is 41.7 Å². The van der Waals surface area contributed by atoms with E-state index in [-0.39, 0.29) is 0 Å². The quantitative estimate of drug-likeness (QED) is 0.871. The van der Waals surface area contributed by atoms with E-state index in [1.165, 1.54) is 37.2 Å². The van der Waals surface area contributed by atoms with Gasteiger partial charge in [0.05, 0.1) is 0 Å². The van der Waals surface area contributed by atoms with E-state index in [9.17, 15) is 0 Å². The summed E-state index contributed by atoms with van der Waals surface area (Å²) in [6.45, 7) is 4.76. The van der Waals surface area contributed by atoms with E-state index in [4.69, 9.17) is 0 Å². The first-order valence-corrected chi connectivity index (χ1v) is 7.11. The van der Waals surface area contributed by atoms with E-state index in [0.717, 1.165) is 0 Å². The highest BCUT2D eigenvalue weighted by Gasteiger charge is 2.17. The van der Waals surface area contributed by atoms with Crippen LogP contribution < -0.4 is 5.32 Å². The summed E-state index contributed by atoms with van der Waals surface area (Å²) in [6.07, 6.45) is 3.93. The minimum Gasteiger partial charge on any atom is -0.307 e. The van der Waals surface area contributed by atoms with Crippen LogP contribution in [0.3, 0.4) is 0 Å². The van der Waals surface area contributed by atoms with Crippen molar-refractivity contribution >= 4 is 11.3 Å². The Kier molecular flexibility index (Phi) is 4.38. The molecule has 0 spiro atoms. The number of nitrogens with zero attached hydrogens (tertiary/aromatic N) is 1. The van der Waals surface area contributed by atoms with Gasteiger partial charge >= 0.3 is 0 Å². The van der Waals surface area contributed by atoms with Crippen LogP contribution in [0, 0.1) is 0 Å². The Morgan fingerprint density at radius 1 is 1.44 bits per heavy atom.